The number of alkyl halides is 3. The van der Waals surface area contributed by atoms with E-state index in [4.69, 9.17) is 0 Å². The number of nitrogens with one attached hydrogen (secondary N) is 2. The summed E-state index contributed by atoms with van der Waals surface area (Å²) in [6, 6.07) is 5.48. The molecule has 136 valence electrons. The molecule has 3 unspecified atom stereocenters. The number of rotatable bonds is 4. The van der Waals surface area contributed by atoms with Crippen LogP contribution in [0.1, 0.15) is 37.8 Å². The molecule has 0 spiro atoms. The second-order valence-electron chi connectivity index (χ2n) is 6.30. The van der Waals surface area contributed by atoms with E-state index in [2.05, 4.69) is 10.6 Å². The van der Waals surface area contributed by atoms with Crippen LogP contribution in [0.3, 0.4) is 0 Å². The smallest absolute Gasteiger partial charge is 0.352 e. The summed E-state index contributed by atoms with van der Waals surface area (Å²) < 4.78 is 38.2. The first kappa shape index (κ1) is 20.8. The Morgan fingerprint density at radius 3 is 2.75 bits per heavy atom. The van der Waals surface area contributed by atoms with E-state index >= 15 is 0 Å². The third kappa shape index (κ3) is 5.67. The van der Waals surface area contributed by atoms with Gasteiger partial charge in [-0.3, -0.25) is 4.79 Å². The highest BCUT2D eigenvalue weighted by Crippen LogP contribution is 2.30. The van der Waals surface area contributed by atoms with Gasteiger partial charge in [0.15, 0.2) is 0 Å². The zero-order chi connectivity index (χ0) is 17.0. The van der Waals surface area contributed by atoms with Crippen LogP contribution >= 0.6 is 12.4 Å². The number of carbonyl (C=O) groups is 1. The Hall–Kier alpha value is -1.27. The molecule has 2 rings (SSSR count). The van der Waals surface area contributed by atoms with E-state index in [0.717, 1.165) is 31.5 Å². The Kier molecular flexibility index (Phi) is 7.55. The summed E-state index contributed by atoms with van der Waals surface area (Å²) in [5.74, 6) is -0.476. The zero-order valence-corrected chi connectivity index (χ0v) is 14.6. The molecule has 1 saturated heterocycles. The van der Waals surface area contributed by atoms with E-state index in [1.54, 1.807) is 13.0 Å². The number of halogens is 4. The van der Waals surface area contributed by atoms with Gasteiger partial charge in [-0.1, -0.05) is 25.1 Å². The summed E-state index contributed by atoms with van der Waals surface area (Å²) in [5, 5.41) is 6.32. The van der Waals surface area contributed by atoms with Gasteiger partial charge < -0.3 is 10.6 Å². The van der Waals surface area contributed by atoms with Gasteiger partial charge in [0.25, 0.3) is 0 Å². The molecule has 0 aromatic heterocycles. The standard InChI is InChI=1S/C17H23F3N2O.ClH/c1-11(16(23)22-15-7-4-8-21-12(15)2)9-13-5-3-6-14(10-13)17(18,19)20;/h3,5-6,10-12,15,21H,4,7-9H2,1-2H3,(H,22,23);1H. The number of hydrogen-bond acceptors (Lipinski definition) is 2. The Morgan fingerprint density at radius 1 is 1.42 bits per heavy atom. The van der Waals surface area contributed by atoms with Gasteiger partial charge in [-0.05, 0) is 44.4 Å². The van der Waals surface area contributed by atoms with Crippen LogP contribution in [0.5, 0.6) is 0 Å². The Labute approximate surface area is 146 Å². The molecule has 3 atom stereocenters. The van der Waals surface area contributed by atoms with Crippen molar-refractivity contribution < 1.29 is 18.0 Å². The fourth-order valence-corrected chi connectivity index (χ4v) is 2.89. The van der Waals surface area contributed by atoms with E-state index in [1.165, 1.54) is 6.07 Å². The van der Waals surface area contributed by atoms with E-state index in [-0.39, 0.29) is 36.3 Å². The van der Waals surface area contributed by atoms with Crippen molar-refractivity contribution in [3.63, 3.8) is 0 Å². The fraction of sp³-hybridized carbons (Fsp3) is 0.588. The van der Waals surface area contributed by atoms with Crippen molar-refractivity contribution in [1.82, 2.24) is 10.6 Å². The number of benzene rings is 1. The minimum atomic E-state index is -4.36. The molecule has 1 fully saturated rings. The van der Waals surface area contributed by atoms with Crippen LogP contribution in [0.25, 0.3) is 0 Å². The van der Waals surface area contributed by atoms with Gasteiger partial charge in [0.1, 0.15) is 0 Å². The Morgan fingerprint density at radius 2 is 2.12 bits per heavy atom. The van der Waals surface area contributed by atoms with Crippen molar-refractivity contribution in [3.05, 3.63) is 35.4 Å². The van der Waals surface area contributed by atoms with Gasteiger partial charge in [-0.25, -0.2) is 0 Å². The highest BCUT2D eigenvalue weighted by Gasteiger charge is 2.30. The lowest BCUT2D eigenvalue weighted by Crippen LogP contribution is -2.53. The molecule has 0 bridgehead atoms. The van der Waals surface area contributed by atoms with Crippen LogP contribution in [0.4, 0.5) is 13.2 Å². The molecule has 2 N–H and O–H groups in total. The molecular formula is C17H24ClF3N2O. The molecule has 1 amide bonds. The topological polar surface area (TPSA) is 41.1 Å². The normalized spacial score (nSPS) is 22.4. The maximum Gasteiger partial charge on any atom is 0.416 e. The van der Waals surface area contributed by atoms with Crippen LogP contribution < -0.4 is 10.6 Å². The van der Waals surface area contributed by atoms with Gasteiger partial charge in [0.2, 0.25) is 5.91 Å². The van der Waals surface area contributed by atoms with E-state index < -0.39 is 11.7 Å². The van der Waals surface area contributed by atoms with Gasteiger partial charge in [0, 0.05) is 18.0 Å². The molecule has 24 heavy (non-hydrogen) atoms. The lowest BCUT2D eigenvalue weighted by Gasteiger charge is -2.31. The van der Waals surface area contributed by atoms with Gasteiger partial charge >= 0.3 is 6.18 Å². The Bertz CT molecular complexity index is 551. The first-order chi connectivity index (χ1) is 10.8. The van der Waals surface area contributed by atoms with Crippen LogP contribution in [0.2, 0.25) is 0 Å². The summed E-state index contributed by atoms with van der Waals surface area (Å²) in [7, 11) is 0. The third-order valence-electron chi connectivity index (χ3n) is 4.33. The van der Waals surface area contributed by atoms with Crippen molar-refractivity contribution in [2.24, 2.45) is 5.92 Å². The van der Waals surface area contributed by atoms with Crippen LogP contribution in [-0.2, 0) is 17.4 Å². The predicted octanol–water partition coefficient (Wildman–Crippen LogP) is 3.56. The fourth-order valence-electron chi connectivity index (χ4n) is 2.89. The van der Waals surface area contributed by atoms with Gasteiger partial charge in [-0.2, -0.15) is 13.2 Å². The van der Waals surface area contributed by atoms with Crippen molar-refractivity contribution >= 4 is 18.3 Å². The van der Waals surface area contributed by atoms with Crippen molar-refractivity contribution in [3.8, 4) is 0 Å². The summed E-state index contributed by atoms with van der Waals surface area (Å²) in [6.45, 7) is 4.73. The van der Waals surface area contributed by atoms with Crippen molar-refractivity contribution in [2.75, 3.05) is 6.54 Å². The summed E-state index contributed by atoms with van der Waals surface area (Å²) >= 11 is 0. The number of piperidine rings is 1. The molecule has 1 aliphatic rings. The second kappa shape index (κ2) is 8.72. The first-order valence-electron chi connectivity index (χ1n) is 7.97. The number of hydrogen-bond donors (Lipinski definition) is 2. The van der Waals surface area contributed by atoms with Gasteiger partial charge in [-0.15, -0.1) is 12.4 Å². The largest absolute Gasteiger partial charge is 0.416 e. The number of amides is 1. The monoisotopic (exact) mass is 364 g/mol. The number of carbonyl (C=O) groups excluding carboxylic acids is 1. The molecule has 3 nitrogen and oxygen atoms in total. The van der Waals surface area contributed by atoms with Crippen molar-refractivity contribution in [2.45, 2.75) is 51.4 Å². The average molecular weight is 365 g/mol. The average Bonchev–Trinajstić information content (AvgIpc) is 2.49. The molecule has 0 saturated carbocycles. The van der Waals surface area contributed by atoms with Crippen LogP contribution in [-0.4, -0.2) is 24.5 Å². The highest BCUT2D eigenvalue weighted by atomic mass is 35.5. The molecule has 1 aromatic carbocycles. The second-order valence-corrected chi connectivity index (χ2v) is 6.30. The minimum absolute atomic E-state index is 0. The lowest BCUT2D eigenvalue weighted by molar-refractivity contribution is -0.137. The maximum absolute atomic E-state index is 12.7. The van der Waals surface area contributed by atoms with Crippen LogP contribution in [0.15, 0.2) is 24.3 Å². The van der Waals surface area contributed by atoms with E-state index in [1.807, 2.05) is 6.92 Å². The van der Waals surface area contributed by atoms with Crippen LogP contribution in [0, 0.1) is 5.92 Å². The Balaban J connectivity index is 0.00000288. The highest BCUT2D eigenvalue weighted by molar-refractivity contribution is 5.85. The molecule has 0 radical (unpaired) electrons. The maximum atomic E-state index is 12.7. The summed E-state index contributed by atoms with van der Waals surface area (Å²) in [6.07, 6.45) is -2.12. The van der Waals surface area contributed by atoms with E-state index in [9.17, 15) is 18.0 Å². The SMILES string of the molecule is CC(Cc1cccc(C(F)(F)F)c1)C(=O)NC1CCCNC1C.Cl. The van der Waals surface area contributed by atoms with E-state index in [0.29, 0.717) is 12.0 Å². The molecule has 1 heterocycles. The quantitative estimate of drug-likeness (QED) is 0.857. The zero-order valence-electron chi connectivity index (χ0n) is 13.8. The molecular weight excluding hydrogens is 341 g/mol. The first-order valence-corrected chi connectivity index (χ1v) is 7.97. The predicted molar refractivity (Wildman–Crippen MR) is 90.2 cm³/mol. The summed E-state index contributed by atoms with van der Waals surface area (Å²) in [4.78, 5) is 12.3. The molecule has 1 aliphatic heterocycles. The molecule has 7 heteroatoms. The van der Waals surface area contributed by atoms with Gasteiger partial charge in [0.05, 0.1) is 5.56 Å². The minimum Gasteiger partial charge on any atom is -0.352 e. The third-order valence-corrected chi connectivity index (χ3v) is 4.33. The van der Waals surface area contributed by atoms with Crippen molar-refractivity contribution in [1.29, 1.82) is 0 Å². The molecule has 1 aromatic rings. The summed E-state index contributed by atoms with van der Waals surface area (Å²) in [5.41, 5.74) is -0.148. The molecule has 0 aliphatic carbocycles. The lowest BCUT2D eigenvalue weighted by atomic mass is 9.96.